The highest BCUT2D eigenvalue weighted by molar-refractivity contribution is 9.10. The summed E-state index contributed by atoms with van der Waals surface area (Å²) in [6, 6.07) is 5.88. The molecule has 0 bridgehead atoms. The molecule has 3 heteroatoms. The Morgan fingerprint density at radius 2 is 2.29 bits per heavy atom. The molecule has 0 amide bonds. The average Bonchev–Trinajstić information content (AvgIpc) is 3.11. The van der Waals surface area contributed by atoms with E-state index in [4.69, 9.17) is 0 Å². The third-order valence-corrected chi connectivity index (χ3v) is 3.46. The van der Waals surface area contributed by atoms with Gasteiger partial charge in [0.05, 0.1) is 0 Å². The van der Waals surface area contributed by atoms with Crippen LogP contribution in [-0.2, 0) is 0 Å². The average molecular weight is 298 g/mol. The summed E-state index contributed by atoms with van der Waals surface area (Å²) in [4.78, 5) is 0. The van der Waals surface area contributed by atoms with E-state index in [9.17, 15) is 4.39 Å². The summed E-state index contributed by atoms with van der Waals surface area (Å²) in [6.45, 7) is 2.98. The van der Waals surface area contributed by atoms with Crippen LogP contribution in [0.2, 0.25) is 0 Å². The van der Waals surface area contributed by atoms with Gasteiger partial charge in [-0.2, -0.15) is 0 Å². The Bertz CT molecular complexity index is 424. The van der Waals surface area contributed by atoms with Crippen LogP contribution in [0.5, 0.6) is 0 Å². The van der Waals surface area contributed by atoms with E-state index in [1.807, 2.05) is 18.2 Å². The molecule has 0 aromatic heterocycles. The standard InChI is InChI=1S/C14H17BrFN/c1-2-10(9-17-13-5-6-13)7-11-3-4-12(15)8-14(11)16/h3-4,7-8,13,17H,2,5-6,9H2,1H3. The van der Waals surface area contributed by atoms with Gasteiger partial charge in [-0.1, -0.05) is 40.6 Å². The molecule has 0 spiro atoms. The third kappa shape index (κ3) is 3.93. The summed E-state index contributed by atoms with van der Waals surface area (Å²) >= 11 is 3.26. The van der Waals surface area contributed by atoms with Crippen LogP contribution in [0, 0.1) is 5.82 Å². The summed E-state index contributed by atoms with van der Waals surface area (Å²) in [5, 5.41) is 3.46. The van der Waals surface area contributed by atoms with Crippen molar-refractivity contribution in [1.82, 2.24) is 5.32 Å². The van der Waals surface area contributed by atoms with Crippen molar-refractivity contribution in [2.24, 2.45) is 0 Å². The Balaban J connectivity index is 2.07. The fraction of sp³-hybridized carbons (Fsp3) is 0.429. The van der Waals surface area contributed by atoms with Crippen LogP contribution in [0.4, 0.5) is 4.39 Å². The first kappa shape index (κ1) is 12.8. The van der Waals surface area contributed by atoms with Gasteiger partial charge in [-0.3, -0.25) is 0 Å². The van der Waals surface area contributed by atoms with Crippen LogP contribution >= 0.6 is 15.9 Å². The molecule has 1 aliphatic rings. The smallest absolute Gasteiger partial charge is 0.131 e. The zero-order valence-electron chi connectivity index (χ0n) is 9.97. The van der Waals surface area contributed by atoms with Gasteiger partial charge in [0.25, 0.3) is 0 Å². The Hall–Kier alpha value is -0.670. The molecule has 2 rings (SSSR count). The number of halogens is 2. The van der Waals surface area contributed by atoms with E-state index >= 15 is 0 Å². The second-order valence-corrected chi connectivity index (χ2v) is 5.39. The molecule has 0 atom stereocenters. The SMILES string of the molecule is CCC(=Cc1ccc(Br)cc1F)CNC1CC1. The van der Waals surface area contributed by atoms with E-state index in [0.29, 0.717) is 11.6 Å². The summed E-state index contributed by atoms with van der Waals surface area (Å²) < 4.78 is 14.4. The Morgan fingerprint density at radius 1 is 1.53 bits per heavy atom. The van der Waals surface area contributed by atoms with Crippen LogP contribution in [0.15, 0.2) is 28.2 Å². The first-order valence-electron chi connectivity index (χ1n) is 6.07. The van der Waals surface area contributed by atoms with Gasteiger partial charge in [-0.05, 0) is 31.4 Å². The van der Waals surface area contributed by atoms with Gasteiger partial charge < -0.3 is 5.32 Å². The first-order valence-corrected chi connectivity index (χ1v) is 6.86. The molecule has 0 saturated heterocycles. The van der Waals surface area contributed by atoms with Crippen LogP contribution in [0.25, 0.3) is 6.08 Å². The van der Waals surface area contributed by atoms with E-state index in [-0.39, 0.29) is 5.82 Å². The predicted molar refractivity (Wildman–Crippen MR) is 73.4 cm³/mol. The van der Waals surface area contributed by atoms with Gasteiger partial charge in [0.1, 0.15) is 5.82 Å². The molecule has 1 saturated carbocycles. The highest BCUT2D eigenvalue weighted by atomic mass is 79.9. The molecular weight excluding hydrogens is 281 g/mol. The van der Waals surface area contributed by atoms with Crippen LogP contribution in [-0.4, -0.2) is 12.6 Å². The highest BCUT2D eigenvalue weighted by Crippen LogP contribution is 2.21. The number of hydrogen-bond acceptors (Lipinski definition) is 1. The lowest BCUT2D eigenvalue weighted by Crippen LogP contribution is -2.18. The Morgan fingerprint density at radius 3 is 2.88 bits per heavy atom. The summed E-state index contributed by atoms with van der Waals surface area (Å²) in [5.74, 6) is -0.170. The number of nitrogens with one attached hydrogen (secondary N) is 1. The molecule has 1 aromatic carbocycles. The zero-order valence-corrected chi connectivity index (χ0v) is 11.6. The molecule has 1 nitrogen and oxygen atoms in total. The molecular formula is C14H17BrFN. The minimum absolute atomic E-state index is 0.170. The third-order valence-electron chi connectivity index (χ3n) is 2.97. The van der Waals surface area contributed by atoms with Crippen LogP contribution in [0.3, 0.4) is 0 Å². The molecule has 0 radical (unpaired) electrons. The molecule has 1 aromatic rings. The number of hydrogen-bond donors (Lipinski definition) is 1. The minimum atomic E-state index is -0.170. The van der Waals surface area contributed by atoms with E-state index in [1.54, 1.807) is 0 Å². The van der Waals surface area contributed by atoms with Crippen LogP contribution in [0.1, 0.15) is 31.7 Å². The van der Waals surface area contributed by atoms with Crippen molar-refractivity contribution in [2.75, 3.05) is 6.54 Å². The van der Waals surface area contributed by atoms with Crippen molar-refractivity contribution in [3.05, 3.63) is 39.6 Å². The van der Waals surface area contributed by atoms with Gasteiger partial charge in [0, 0.05) is 22.6 Å². The van der Waals surface area contributed by atoms with E-state index in [0.717, 1.165) is 17.4 Å². The minimum Gasteiger partial charge on any atom is -0.310 e. The van der Waals surface area contributed by atoms with E-state index < -0.39 is 0 Å². The lowest BCUT2D eigenvalue weighted by molar-refractivity contribution is 0.623. The van der Waals surface area contributed by atoms with Crippen LogP contribution < -0.4 is 5.32 Å². The highest BCUT2D eigenvalue weighted by Gasteiger charge is 2.20. The van der Waals surface area contributed by atoms with Gasteiger partial charge in [0.2, 0.25) is 0 Å². The molecule has 1 fully saturated rings. The van der Waals surface area contributed by atoms with E-state index in [2.05, 4.69) is 28.2 Å². The Kier molecular flexibility index (Phi) is 4.35. The number of benzene rings is 1. The predicted octanol–water partition coefficient (Wildman–Crippen LogP) is 4.13. The molecule has 0 unspecified atom stereocenters. The molecule has 92 valence electrons. The molecule has 0 heterocycles. The summed E-state index contributed by atoms with van der Waals surface area (Å²) in [5.41, 5.74) is 1.92. The van der Waals surface area contributed by atoms with Gasteiger partial charge in [-0.15, -0.1) is 0 Å². The maximum absolute atomic E-state index is 13.7. The topological polar surface area (TPSA) is 12.0 Å². The van der Waals surface area contributed by atoms with Crippen molar-refractivity contribution >= 4 is 22.0 Å². The molecule has 1 aliphatic carbocycles. The summed E-state index contributed by atoms with van der Waals surface area (Å²) in [6.07, 6.45) is 5.47. The fourth-order valence-electron chi connectivity index (χ4n) is 1.68. The summed E-state index contributed by atoms with van der Waals surface area (Å²) in [7, 11) is 0. The lowest BCUT2D eigenvalue weighted by Gasteiger charge is -2.07. The van der Waals surface area contributed by atoms with Crippen molar-refractivity contribution < 1.29 is 4.39 Å². The van der Waals surface area contributed by atoms with Crippen molar-refractivity contribution in [3.63, 3.8) is 0 Å². The lowest BCUT2D eigenvalue weighted by atomic mass is 10.1. The zero-order chi connectivity index (χ0) is 12.3. The van der Waals surface area contributed by atoms with Crippen molar-refractivity contribution in [2.45, 2.75) is 32.2 Å². The largest absolute Gasteiger partial charge is 0.310 e. The first-order chi connectivity index (χ1) is 8.19. The number of rotatable bonds is 5. The fourth-order valence-corrected chi connectivity index (χ4v) is 2.01. The maximum atomic E-state index is 13.7. The second-order valence-electron chi connectivity index (χ2n) is 4.48. The van der Waals surface area contributed by atoms with Gasteiger partial charge in [-0.25, -0.2) is 4.39 Å². The Labute approximate surface area is 110 Å². The second kappa shape index (κ2) is 5.78. The van der Waals surface area contributed by atoms with Gasteiger partial charge >= 0.3 is 0 Å². The monoisotopic (exact) mass is 297 g/mol. The maximum Gasteiger partial charge on any atom is 0.131 e. The molecule has 17 heavy (non-hydrogen) atoms. The normalized spacial score (nSPS) is 16.3. The quantitative estimate of drug-likeness (QED) is 0.861. The molecule has 1 N–H and O–H groups in total. The van der Waals surface area contributed by atoms with Crippen molar-refractivity contribution in [1.29, 1.82) is 0 Å². The van der Waals surface area contributed by atoms with E-state index in [1.165, 1.54) is 24.5 Å². The van der Waals surface area contributed by atoms with Crippen molar-refractivity contribution in [3.8, 4) is 0 Å². The molecule has 0 aliphatic heterocycles. The van der Waals surface area contributed by atoms with Gasteiger partial charge in [0.15, 0.2) is 0 Å².